The van der Waals surface area contributed by atoms with Crippen LogP contribution in [0, 0.1) is 0 Å². The van der Waals surface area contributed by atoms with Crippen molar-refractivity contribution in [2.75, 3.05) is 6.54 Å². The highest BCUT2D eigenvalue weighted by Gasteiger charge is 2.18. The van der Waals surface area contributed by atoms with E-state index in [-0.39, 0.29) is 5.15 Å². The molecule has 0 radical (unpaired) electrons. The van der Waals surface area contributed by atoms with Crippen LogP contribution in [-0.2, 0) is 6.54 Å². The number of aromatic nitrogens is 5. The molecule has 2 aromatic heterocycles. The first-order chi connectivity index (χ1) is 12.6. The molecule has 0 saturated carbocycles. The number of nitrogens with zero attached hydrogens (tertiary/aromatic N) is 6. The molecule has 0 spiro atoms. The van der Waals surface area contributed by atoms with Gasteiger partial charge in [-0.3, -0.25) is 4.84 Å². The van der Waals surface area contributed by atoms with Crippen LogP contribution < -0.4 is 10.5 Å². The SMILES string of the molecule is CCN(Cc1ccccc1)C(=O)On1nnn(-c2ccc(Cl)nc2)c1=O. The molecule has 0 fully saturated rings. The molecule has 3 rings (SSSR count). The van der Waals surface area contributed by atoms with Crippen molar-refractivity contribution in [1.29, 1.82) is 0 Å². The van der Waals surface area contributed by atoms with E-state index in [9.17, 15) is 9.59 Å². The summed E-state index contributed by atoms with van der Waals surface area (Å²) in [6, 6.07) is 12.5. The van der Waals surface area contributed by atoms with Crippen LogP contribution in [-0.4, -0.2) is 42.5 Å². The van der Waals surface area contributed by atoms with Gasteiger partial charge in [-0.1, -0.05) is 41.9 Å². The molecular formula is C16H15ClN6O3. The van der Waals surface area contributed by atoms with Crippen molar-refractivity contribution in [2.45, 2.75) is 13.5 Å². The van der Waals surface area contributed by atoms with Crippen molar-refractivity contribution in [2.24, 2.45) is 0 Å². The molecule has 0 aliphatic carbocycles. The fourth-order valence-corrected chi connectivity index (χ4v) is 2.30. The highest BCUT2D eigenvalue weighted by molar-refractivity contribution is 6.29. The summed E-state index contributed by atoms with van der Waals surface area (Å²) in [4.78, 5) is 35.5. The summed E-state index contributed by atoms with van der Waals surface area (Å²) in [7, 11) is 0. The van der Waals surface area contributed by atoms with Crippen molar-refractivity contribution < 1.29 is 9.63 Å². The Morgan fingerprint density at radius 3 is 2.62 bits per heavy atom. The van der Waals surface area contributed by atoms with Crippen LogP contribution in [0.4, 0.5) is 4.79 Å². The van der Waals surface area contributed by atoms with Crippen LogP contribution in [0.5, 0.6) is 0 Å². The molecule has 10 heteroatoms. The van der Waals surface area contributed by atoms with Crippen molar-refractivity contribution in [1.82, 2.24) is 29.8 Å². The summed E-state index contributed by atoms with van der Waals surface area (Å²) in [6.07, 6.45) is 0.651. The number of carbonyl (C=O) groups is 1. The van der Waals surface area contributed by atoms with Gasteiger partial charge in [-0.15, -0.1) is 0 Å². The number of rotatable bonds is 5. The van der Waals surface area contributed by atoms with Crippen LogP contribution in [0.1, 0.15) is 12.5 Å². The van der Waals surface area contributed by atoms with Crippen LogP contribution in [0.3, 0.4) is 0 Å². The minimum Gasteiger partial charge on any atom is -0.302 e. The number of tetrazole rings is 1. The minimum absolute atomic E-state index is 0.278. The Hall–Kier alpha value is -3.20. The Morgan fingerprint density at radius 1 is 1.19 bits per heavy atom. The van der Waals surface area contributed by atoms with Gasteiger partial charge in [0, 0.05) is 13.1 Å². The molecule has 9 nitrogen and oxygen atoms in total. The smallest absolute Gasteiger partial charge is 0.302 e. The van der Waals surface area contributed by atoms with Crippen LogP contribution >= 0.6 is 11.6 Å². The van der Waals surface area contributed by atoms with Gasteiger partial charge >= 0.3 is 11.8 Å². The second-order valence-electron chi connectivity index (χ2n) is 5.24. The lowest BCUT2D eigenvalue weighted by molar-refractivity contribution is 0.0718. The lowest BCUT2D eigenvalue weighted by Crippen LogP contribution is -2.40. The Labute approximate surface area is 153 Å². The molecule has 0 aliphatic rings. The lowest BCUT2D eigenvalue weighted by atomic mass is 10.2. The monoisotopic (exact) mass is 374 g/mol. The number of halogens is 1. The molecule has 1 aromatic carbocycles. The molecule has 0 bridgehead atoms. The molecular weight excluding hydrogens is 360 g/mol. The summed E-state index contributed by atoms with van der Waals surface area (Å²) < 4.78 is 0.949. The van der Waals surface area contributed by atoms with Gasteiger partial charge in [0.25, 0.3) is 0 Å². The lowest BCUT2D eigenvalue weighted by Gasteiger charge is -2.18. The Bertz CT molecular complexity index is 939. The van der Waals surface area contributed by atoms with Crippen LogP contribution in [0.2, 0.25) is 5.15 Å². The molecule has 0 saturated heterocycles. The molecule has 0 aliphatic heterocycles. The first-order valence-electron chi connectivity index (χ1n) is 7.76. The first-order valence-corrected chi connectivity index (χ1v) is 8.14. The topological polar surface area (TPSA) is 95.1 Å². The summed E-state index contributed by atoms with van der Waals surface area (Å²) in [5.74, 6) is 0. The van der Waals surface area contributed by atoms with Gasteiger partial charge in [-0.25, -0.2) is 14.6 Å². The quantitative estimate of drug-likeness (QED) is 0.496. The maximum Gasteiger partial charge on any atom is 0.436 e. The van der Waals surface area contributed by atoms with E-state index >= 15 is 0 Å². The number of benzene rings is 1. The standard InChI is InChI=1S/C16H15ClN6O3/c1-2-21(11-12-6-4-3-5-7-12)16(25)26-23-15(24)22(19-20-23)13-8-9-14(17)18-10-13/h3-10H,2,11H2,1H3. The van der Waals surface area contributed by atoms with Gasteiger partial charge < -0.3 is 4.90 Å². The fourth-order valence-electron chi connectivity index (χ4n) is 2.19. The fraction of sp³-hybridized carbons (Fsp3) is 0.188. The van der Waals surface area contributed by atoms with Crippen molar-refractivity contribution in [3.8, 4) is 5.69 Å². The van der Waals surface area contributed by atoms with Gasteiger partial charge in [0.1, 0.15) is 5.15 Å². The zero-order valence-electron chi connectivity index (χ0n) is 13.8. The summed E-state index contributed by atoms with van der Waals surface area (Å²) in [5, 5.41) is 7.52. The number of hydrogen-bond acceptors (Lipinski definition) is 6. The summed E-state index contributed by atoms with van der Waals surface area (Å²) in [6.45, 7) is 2.56. The Kier molecular flexibility index (Phi) is 5.28. The third-order valence-corrected chi connectivity index (χ3v) is 3.76. The number of amides is 1. The predicted octanol–water partition coefficient (Wildman–Crippen LogP) is 1.55. The van der Waals surface area contributed by atoms with E-state index < -0.39 is 11.8 Å². The van der Waals surface area contributed by atoms with Crippen LogP contribution in [0.25, 0.3) is 5.69 Å². The average Bonchev–Trinajstić information content (AvgIpc) is 3.01. The summed E-state index contributed by atoms with van der Waals surface area (Å²) >= 11 is 5.72. The zero-order valence-corrected chi connectivity index (χ0v) is 14.6. The third-order valence-electron chi connectivity index (χ3n) is 3.53. The van der Waals surface area contributed by atoms with E-state index in [0.717, 1.165) is 10.2 Å². The Morgan fingerprint density at radius 2 is 1.96 bits per heavy atom. The van der Waals surface area contributed by atoms with E-state index in [2.05, 4.69) is 15.4 Å². The molecule has 134 valence electrons. The van der Waals surface area contributed by atoms with Gasteiger partial charge in [0.05, 0.1) is 11.9 Å². The number of hydrogen-bond donors (Lipinski definition) is 0. The maximum absolute atomic E-state index is 12.3. The second kappa shape index (κ2) is 7.79. The number of carbonyl (C=O) groups excluding carboxylic acids is 1. The van der Waals surface area contributed by atoms with E-state index in [4.69, 9.17) is 16.4 Å². The third kappa shape index (κ3) is 3.89. The van der Waals surface area contributed by atoms with Crippen molar-refractivity contribution >= 4 is 17.7 Å². The minimum atomic E-state index is -0.738. The van der Waals surface area contributed by atoms with Crippen LogP contribution in [0.15, 0.2) is 53.5 Å². The molecule has 1 amide bonds. The van der Waals surface area contributed by atoms with E-state index in [1.54, 1.807) is 6.07 Å². The molecule has 26 heavy (non-hydrogen) atoms. The predicted molar refractivity (Wildman–Crippen MR) is 92.9 cm³/mol. The highest BCUT2D eigenvalue weighted by Crippen LogP contribution is 2.07. The molecule has 0 N–H and O–H groups in total. The zero-order chi connectivity index (χ0) is 18.5. The molecule has 0 unspecified atom stereocenters. The van der Waals surface area contributed by atoms with E-state index in [1.165, 1.54) is 17.2 Å². The van der Waals surface area contributed by atoms with Gasteiger partial charge in [0.15, 0.2) is 0 Å². The molecule has 3 aromatic rings. The van der Waals surface area contributed by atoms with Gasteiger partial charge in [-0.05, 0) is 39.9 Å². The number of pyridine rings is 1. The average molecular weight is 375 g/mol. The van der Waals surface area contributed by atoms with E-state index in [1.807, 2.05) is 37.3 Å². The second-order valence-corrected chi connectivity index (χ2v) is 5.63. The van der Waals surface area contributed by atoms with Crippen molar-refractivity contribution in [3.05, 3.63) is 69.9 Å². The van der Waals surface area contributed by atoms with Gasteiger partial charge in [0.2, 0.25) is 0 Å². The largest absolute Gasteiger partial charge is 0.436 e. The first kappa shape index (κ1) is 17.6. The maximum atomic E-state index is 12.3. The van der Waals surface area contributed by atoms with E-state index in [0.29, 0.717) is 23.6 Å². The summed E-state index contributed by atoms with van der Waals surface area (Å²) in [5.41, 5.74) is 0.547. The molecule has 0 atom stereocenters. The normalized spacial score (nSPS) is 10.5. The van der Waals surface area contributed by atoms with Crippen molar-refractivity contribution in [3.63, 3.8) is 0 Å². The molecule has 2 heterocycles. The Balaban J connectivity index is 1.75. The highest BCUT2D eigenvalue weighted by atomic mass is 35.5. The van der Waals surface area contributed by atoms with Gasteiger partial charge in [-0.2, -0.15) is 4.68 Å².